The zero-order valence-corrected chi connectivity index (χ0v) is 17.3. The van der Waals surface area contributed by atoms with Crippen molar-refractivity contribution in [2.75, 3.05) is 5.32 Å². The average molecular weight is 417 g/mol. The van der Waals surface area contributed by atoms with E-state index in [4.69, 9.17) is 4.74 Å². The van der Waals surface area contributed by atoms with Crippen molar-refractivity contribution >= 4 is 44.8 Å². The molecular formula is C23H19N3O3S. The maximum Gasteiger partial charge on any atom is 0.349 e. The Labute approximate surface area is 177 Å². The van der Waals surface area contributed by atoms with Gasteiger partial charge in [-0.3, -0.25) is 4.79 Å². The minimum Gasteiger partial charge on any atom is -0.457 e. The van der Waals surface area contributed by atoms with E-state index < -0.39 is 0 Å². The van der Waals surface area contributed by atoms with Crippen LogP contribution in [-0.2, 0) is 11.3 Å². The number of thiophene rings is 1. The Balaban J connectivity index is 1.62. The number of anilines is 2. The Morgan fingerprint density at radius 2 is 1.87 bits per heavy atom. The number of ether oxygens (including phenoxy) is 1. The molecule has 4 rings (SSSR count). The Morgan fingerprint density at radius 3 is 2.63 bits per heavy atom. The molecule has 0 unspecified atom stereocenters. The maximum atomic E-state index is 12.7. The summed E-state index contributed by atoms with van der Waals surface area (Å²) in [6.45, 7) is 3.60. The summed E-state index contributed by atoms with van der Waals surface area (Å²) in [5.41, 5.74) is 3.04. The molecule has 0 fully saturated rings. The Bertz CT molecular complexity index is 1240. The predicted octanol–water partition coefficient (Wildman–Crippen LogP) is 5.30. The predicted molar refractivity (Wildman–Crippen MR) is 117 cm³/mol. The fraction of sp³-hybridized carbons (Fsp3) is 0.130. The number of aryl methyl sites for hydroxylation is 1. The highest BCUT2D eigenvalue weighted by atomic mass is 32.1. The second-order valence-corrected chi connectivity index (χ2v) is 7.78. The van der Waals surface area contributed by atoms with Gasteiger partial charge in [0.1, 0.15) is 28.5 Å². The minimum atomic E-state index is -0.385. The largest absolute Gasteiger partial charge is 0.457 e. The summed E-state index contributed by atoms with van der Waals surface area (Å²) in [4.78, 5) is 34.2. The normalized spacial score (nSPS) is 10.7. The smallest absolute Gasteiger partial charge is 0.349 e. The summed E-state index contributed by atoms with van der Waals surface area (Å²) in [6, 6.07) is 16.8. The van der Waals surface area contributed by atoms with Crippen molar-refractivity contribution in [3.63, 3.8) is 0 Å². The van der Waals surface area contributed by atoms with Crippen LogP contribution in [0.15, 0.2) is 60.9 Å². The number of benzene rings is 2. The van der Waals surface area contributed by atoms with E-state index in [1.54, 1.807) is 12.1 Å². The van der Waals surface area contributed by atoms with Gasteiger partial charge >= 0.3 is 5.97 Å². The quantitative estimate of drug-likeness (QED) is 0.339. The molecule has 2 heterocycles. The molecule has 0 spiro atoms. The number of nitrogens with one attached hydrogen (secondary N) is 1. The number of fused-ring (bicyclic) bond motifs is 1. The molecule has 0 saturated carbocycles. The van der Waals surface area contributed by atoms with Crippen molar-refractivity contribution < 1.29 is 14.3 Å². The van der Waals surface area contributed by atoms with Crippen molar-refractivity contribution in [1.82, 2.24) is 9.97 Å². The van der Waals surface area contributed by atoms with E-state index in [9.17, 15) is 9.59 Å². The summed E-state index contributed by atoms with van der Waals surface area (Å²) >= 11 is 1.28. The number of esters is 1. The van der Waals surface area contributed by atoms with E-state index in [-0.39, 0.29) is 18.4 Å². The van der Waals surface area contributed by atoms with Gasteiger partial charge in [0.2, 0.25) is 0 Å². The van der Waals surface area contributed by atoms with Crippen molar-refractivity contribution in [1.29, 1.82) is 0 Å². The summed E-state index contributed by atoms with van der Waals surface area (Å²) < 4.78 is 5.49. The number of aromatic nitrogens is 2. The summed E-state index contributed by atoms with van der Waals surface area (Å²) in [7, 11) is 0. The third kappa shape index (κ3) is 4.06. The van der Waals surface area contributed by atoms with E-state index in [1.165, 1.54) is 24.6 Å². The van der Waals surface area contributed by atoms with Gasteiger partial charge in [-0.1, -0.05) is 42.5 Å². The molecule has 0 radical (unpaired) electrons. The fourth-order valence-electron chi connectivity index (χ4n) is 3.10. The van der Waals surface area contributed by atoms with Gasteiger partial charge in [0, 0.05) is 11.3 Å². The maximum absolute atomic E-state index is 12.7. The number of nitrogens with zero attached hydrogens (tertiary/aromatic N) is 2. The van der Waals surface area contributed by atoms with Crippen LogP contribution in [0, 0.1) is 6.92 Å². The number of hydrogen-bond acceptors (Lipinski definition) is 7. The van der Waals surface area contributed by atoms with Crippen molar-refractivity contribution in [3.8, 4) is 0 Å². The molecule has 0 bridgehead atoms. The number of carbonyl (C=O) groups is 2. The van der Waals surface area contributed by atoms with Crippen LogP contribution >= 0.6 is 11.3 Å². The van der Waals surface area contributed by atoms with Crippen LogP contribution in [-0.4, -0.2) is 21.7 Å². The number of Topliss-reactive ketones (excluding diaryl/α,β-unsaturated/α-hetero) is 1. The van der Waals surface area contributed by atoms with Crippen LogP contribution in [0.4, 0.5) is 11.5 Å². The lowest BCUT2D eigenvalue weighted by molar-refractivity contribution is 0.0478. The first-order valence-electron chi connectivity index (χ1n) is 9.36. The van der Waals surface area contributed by atoms with E-state index in [2.05, 4.69) is 15.3 Å². The van der Waals surface area contributed by atoms with Crippen LogP contribution < -0.4 is 5.32 Å². The number of carbonyl (C=O) groups excluding carboxylic acids is 2. The Hall–Kier alpha value is -3.58. The molecular weight excluding hydrogens is 398 g/mol. The van der Waals surface area contributed by atoms with Crippen LogP contribution in [0.2, 0.25) is 0 Å². The molecule has 2 aromatic carbocycles. The number of hydrogen-bond donors (Lipinski definition) is 1. The van der Waals surface area contributed by atoms with Gasteiger partial charge in [0.25, 0.3) is 0 Å². The molecule has 0 atom stereocenters. The summed E-state index contributed by atoms with van der Waals surface area (Å²) in [5, 5.41) is 4.01. The highest BCUT2D eigenvalue weighted by Gasteiger charge is 2.20. The average Bonchev–Trinajstić information content (AvgIpc) is 3.10. The topological polar surface area (TPSA) is 81.2 Å². The molecule has 2 aromatic heterocycles. The first kappa shape index (κ1) is 19.7. The van der Waals surface area contributed by atoms with Gasteiger partial charge in [-0.15, -0.1) is 11.3 Å². The van der Waals surface area contributed by atoms with Crippen LogP contribution in [0.1, 0.15) is 38.1 Å². The van der Waals surface area contributed by atoms with Gasteiger partial charge < -0.3 is 10.1 Å². The third-order valence-electron chi connectivity index (χ3n) is 4.66. The van der Waals surface area contributed by atoms with Gasteiger partial charge in [-0.2, -0.15) is 0 Å². The third-order valence-corrected chi connectivity index (χ3v) is 5.84. The highest BCUT2D eigenvalue weighted by Crippen LogP contribution is 2.35. The van der Waals surface area contributed by atoms with Gasteiger partial charge in [0.15, 0.2) is 5.78 Å². The molecule has 1 N–H and O–H groups in total. The Morgan fingerprint density at radius 1 is 1.07 bits per heavy atom. The van der Waals surface area contributed by atoms with Crippen LogP contribution in [0.25, 0.3) is 10.2 Å². The zero-order valence-electron chi connectivity index (χ0n) is 16.5. The lowest BCUT2D eigenvalue weighted by Gasteiger charge is -2.08. The lowest BCUT2D eigenvalue weighted by Crippen LogP contribution is -2.04. The van der Waals surface area contributed by atoms with Crippen molar-refractivity contribution in [2.24, 2.45) is 0 Å². The fourth-order valence-corrected chi connectivity index (χ4v) is 4.14. The molecule has 30 heavy (non-hydrogen) atoms. The summed E-state index contributed by atoms with van der Waals surface area (Å²) in [6.07, 6.45) is 1.45. The van der Waals surface area contributed by atoms with Crippen molar-refractivity contribution in [2.45, 2.75) is 20.5 Å². The van der Waals surface area contributed by atoms with Gasteiger partial charge in [-0.05, 0) is 37.1 Å². The van der Waals surface area contributed by atoms with E-state index >= 15 is 0 Å². The molecule has 0 aliphatic rings. The molecule has 0 amide bonds. The van der Waals surface area contributed by atoms with E-state index in [0.717, 1.165) is 22.2 Å². The first-order valence-corrected chi connectivity index (χ1v) is 10.2. The minimum absolute atomic E-state index is 0.0124. The highest BCUT2D eigenvalue weighted by molar-refractivity contribution is 7.20. The second kappa shape index (κ2) is 8.42. The van der Waals surface area contributed by atoms with Gasteiger partial charge in [-0.25, -0.2) is 14.8 Å². The lowest BCUT2D eigenvalue weighted by atomic mass is 10.1. The molecule has 0 aliphatic heterocycles. The molecule has 0 aliphatic carbocycles. The molecule has 0 saturated heterocycles. The van der Waals surface area contributed by atoms with Gasteiger partial charge in [0.05, 0.1) is 5.39 Å². The van der Waals surface area contributed by atoms with Crippen LogP contribution in [0.5, 0.6) is 0 Å². The van der Waals surface area contributed by atoms with Crippen LogP contribution in [0.3, 0.4) is 0 Å². The number of ketones is 1. The Kier molecular flexibility index (Phi) is 5.54. The first-order chi connectivity index (χ1) is 14.5. The molecule has 150 valence electrons. The van der Waals surface area contributed by atoms with Crippen molar-refractivity contribution in [3.05, 3.63) is 82.5 Å². The van der Waals surface area contributed by atoms with E-state index in [1.807, 2.05) is 49.4 Å². The van der Waals surface area contributed by atoms with E-state index in [0.29, 0.717) is 21.1 Å². The summed E-state index contributed by atoms with van der Waals surface area (Å²) in [5.74, 6) is 0.182. The number of rotatable bonds is 6. The zero-order chi connectivity index (χ0) is 21.1. The SMILES string of the molecule is CC(=O)c1cccc(Nc2ncnc3sc(C(=O)OCc4ccccc4)c(C)c23)c1. The standard InChI is InChI=1S/C23H19N3O3S/c1-14-19-21(26-18-10-6-9-17(11-18)15(2)27)24-13-25-22(19)30-20(14)23(28)29-12-16-7-4-3-5-8-16/h3-11,13H,12H2,1-2H3,(H,24,25,26). The molecule has 4 aromatic rings. The second-order valence-electron chi connectivity index (χ2n) is 6.78. The monoisotopic (exact) mass is 417 g/mol. The molecule has 7 heteroatoms. The molecule has 6 nitrogen and oxygen atoms in total.